The smallest absolute Gasteiger partial charge is 0.251 e. The summed E-state index contributed by atoms with van der Waals surface area (Å²) in [5.41, 5.74) is 3.24. The molecule has 0 aliphatic carbocycles. The molecule has 1 saturated heterocycles. The Bertz CT molecular complexity index is 788. The maximum absolute atomic E-state index is 11.8. The lowest BCUT2D eigenvalue weighted by molar-refractivity contribution is 0.0963. The first-order chi connectivity index (χ1) is 13.2. The van der Waals surface area contributed by atoms with Gasteiger partial charge in [-0.25, -0.2) is 0 Å². The maximum Gasteiger partial charge on any atom is 0.251 e. The SMILES string of the molecule is CN=C(NCCc1cccc(C(=O)NC)c1)N1CCC(c2ccccc2)C1. The van der Waals surface area contributed by atoms with Crippen LogP contribution in [0.15, 0.2) is 59.6 Å². The van der Waals surface area contributed by atoms with Gasteiger partial charge in [-0.3, -0.25) is 9.79 Å². The van der Waals surface area contributed by atoms with Gasteiger partial charge in [-0.2, -0.15) is 0 Å². The Morgan fingerprint density at radius 2 is 2.00 bits per heavy atom. The molecular formula is C22H28N4O. The van der Waals surface area contributed by atoms with E-state index in [-0.39, 0.29) is 5.91 Å². The molecular weight excluding hydrogens is 336 g/mol. The van der Waals surface area contributed by atoms with Crippen LogP contribution in [0, 0.1) is 0 Å². The summed E-state index contributed by atoms with van der Waals surface area (Å²) >= 11 is 0. The zero-order chi connectivity index (χ0) is 19.1. The molecule has 2 aromatic rings. The van der Waals surface area contributed by atoms with E-state index >= 15 is 0 Å². The highest BCUT2D eigenvalue weighted by Crippen LogP contribution is 2.26. The minimum Gasteiger partial charge on any atom is -0.356 e. The first kappa shape index (κ1) is 19.0. The van der Waals surface area contributed by atoms with Gasteiger partial charge < -0.3 is 15.5 Å². The first-order valence-electron chi connectivity index (χ1n) is 9.53. The van der Waals surface area contributed by atoms with Crippen LogP contribution < -0.4 is 10.6 Å². The molecule has 0 radical (unpaired) electrons. The Balaban J connectivity index is 1.52. The molecule has 1 unspecified atom stereocenters. The van der Waals surface area contributed by atoms with E-state index in [1.54, 1.807) is 7.05 Å². The second-order valence-electron chi connectivity index (χ2n) is 6.85. The van der Waals surface area contributed by atoms with E-state index in [1.165, 1.54) is 5.56 Å². The average Bonchev–Trinajstić information content (AvgIpc) is 3.21. The Morgan fingerprint density at radius 3 is 2.74 bits per heavy atom. The van der Waals surface area contributed by atoms with Gasteiger partial charge >= 0.3 is 0 Å². The molecule has 1 aliphatic heterocycles. The van der Waals surface area contributed by atoms with Crippen molar-refractivity contribution in [3.8, 4) is 0 Å². The van der Waals surface area contributed by atoms with E-state index in [0.29, 0.717) is 11.5 Å². The number of hydrogen-bond donors (Lipinski definition) is 2. The van der Waals surface area contributed by atoms with Crippen LogP contribution in [0.3, 0.4) is 0 Å². The van der Waals surface area contributed by atoms with Gasteiger partial charge in [0.1, 0.15) is 0 Å². The molecule has 5 heteroatoms. The van der Waals surface area contributed by atoms with Crippen LogP contribution in [0.1, 0.15) is 33.8 Å². The van der Waals surface area contributed by atoms with Gasteiger partial charge in [0.15, 0.2) is 5.96 Å². The van der Waals surface area contributed by atoms with E-state index in [0.717, 1.165) is 44.0 Å². The molecule has 1 amide bonds. The Labute approximate surface area is 161 Å². The third-order valence-electron chi connectivity index (χ3n) is 5.08. The molecule has 3 rings (SSSR count). The van der Waals surface area contributed by atoms with Crippen LogP contribution in [-0.4, -0.2) is 50.5 Å². The van der Waals surface area contributed by atoms with Crippen molar-refractivity contribution in [1.29, 1.82) is 0 Å². The van der Waals surface area contributed by atoms with E-state index in [1.807, 2.05) is 25.2 Å². The molecule has 27 heavy (non-hydrogen) atoms. The fraction of sp³-hybridized carbons (Fsp3) is 0.364. The van der Waals surface area contributed by atoms with Crippen LogP contribution in [0.5, 0.6) is 0 Å². The summed E-state index contributed by atoms with van der Waals surface area (Å²) in [6.45, 7) is 2.80. The fourth-order valence-electron chi connectivity index (χ4n) is 3.61. The molecule has 2 aromatic carbocycles. The number of amides is 1. The second-order valence-corrected chi connectivity index (χ2v) is 6.85. The average molecular weight is 364 g/mol. The predicted molar refractivity (Wildman–Crippen MR) is 110 cm³/mol. The van der Waals surface area contributed by atoms with Crippen molar-refractivity contribution in [1.82, 2.24) is 15.5 Å². The Morgan fingerprint density at radius 1 is 1.19 bits per heavy atom. The highest BCUT2D eigenvalue weighted by Gasteiger charge is 2.25. The number of benzene rings is 2. The normalized spacial score (nSPS) is 17.0. The van der Waals surface area contributed by atoms with Crippen molar-refractivity contribution in [3.05, 3.63) is 71.3 Å². The standard InChI is InChI=1S/C22H28N4O/c1-23-21(27)19-10-6-7-17(15-19)11-13-25-22(24-2)26-14-12-20(16-26)18-8-4-3-5-9-18/h3-10,15,20H,11-14,16H2,1-2H3,(H,23,27)(H,24,25). The number of likely N-dealkylation sites (tertiary alicyclic amines) is 1. The quantitative estimate of drug-likeness (QED) is 0.633. The van der Waals surface area contributed by atoms with Crippen molar-refractivity contribution in [2.24, 2.45) is 4.99 Å². The zero-order valence-electron chi connectivity index (χ0n) is 16.1. The van der Waals surface area contributed by atoms with Gasteiger partial charge in [-0.1, -0.05) is 42.5 Å². The van der Waals surface area contributed by atoms with E-state index in [2.05, 4.69) is 56.9 Å². The Kier molecular flexibility index (Phi) is 6.47. The second kappa shape index (κ2) is 9.21. The van der Waals surface area contributed by atoms with Gasteiger partial charge in [0.25, 0.3) is 5.91 Å². The van der Waals surface area contributed by atoms with Gasteiger partial charge in [0.05, 0.1) is 0 Å². The minimum atomic E-state index is -0.0513. The highest BCUT2D eigenvalue weighted by molar-refractivity contribution is 5.94. The summed E-state index contributed by atoms with van der Waals surface area (Å²) < 4.78 is 0. The molecule has 2 N–H and O–H groups in total. The highest BCUT2D eigenvalue weighted by atomic mass is 16.1. The van der Waals surface area contributed by atoms with Crippen molar-refractivity contribution in [2.45, 2.75) is 18.8 Å². The summed E-state index contributed by atoms with van der Waals surface area (Å²) in [6.07, 6.45) is 2.00. The molecule has 1 heterocycles. The first-order valence-corrected chi connectivity index (χ1v) is 9.53. The number of nitrogens with one attached hydrogen (secondary N) is 2. The minimum absolute atomic E-state index is 0.0513. The number of aliphatic imine (C=N–C) groups is 1. The lowest BCUT2D eigenvalue weighted by Gasteiger charge is -2.22. The topological polar surface area (TPSA) is 56.7 Å². The zero-order valence-corrected chi connectivity index (χ0v) is 16.1. The summed E-state index contributed by atoms with van der Waals surface area (Å²) in [6, 6.07) is 18.5. The van der Waals surface area contributed by atoms with Gasteiger partial charge in [-0.05, 0) is 36.1 Å². The van der Waals surface area contributed by atoms with Gasteiger partial charge in [0.2, 0.25) is 0 Å². The van der Waals surface area contributed by atoms with Crippen molar-refractivity contribution >= 4 is 11.9 Å². The molecule has 142 valence electrons. The van der Waals surface area contributed by atoms with Gasteiger partial charge in [-0.15, -0.1) is 0 Å². The van der Waals surface area contributed by atoms with Crippen LogP contribution in [0.4, 0.5) is 0 Å². The lowest BCUT2D eigenvalue weighted by Crippen LogP contribution is -2.40. The number of guanidine groups is 1. The number of carbonyl (C=O) groups excluding carboxylic acids is 1. The summed E-state index contributed by atoms with van der Waals surface area (Å²) in [5.74, 6) is 1.47. The number of nitrogens with zero attached hydrogens (tertiary/aromatic N) is 2. The van der Waals surface area contributed by atoms with Crippen molar-refractivity contribution in [3.63, 3.8) is 0 Å². The monoisotopic (exact) mass is 364 g/mol. The van der Waals surface area contributed by atoms with Crippen molar-refractivity contribution in [2.75, 3.05) is 33.7 Å². The van der Waals surface area contributed by atoms with E-state index in [9.17, 15) is 4.79 Å². The van der Waals surface area contributed by atoms with Crippen molar-refractivity contribution < 1.29 is 4.79 Å². The molecule has 1 aliphatic rings. The third kappa shape index (κ3) is 4.88. The molecule has 1 atom stereocenters. The largest absolute Gasteiger partial charge is 0.356 e. The van der Waals surface area contributed by atoms with Crippen LogP contribution in [0.25, 0.3) is 0 Å². The summed E-state index contributed by atoms with van der Waals surface area (Å²) in [4.78, 5) is 18.6. The van der Waals surface area contributed by atoms with Gasteiger partial charge in [0, 0.05) is 45.2 Å². The molecule has 1 fully saturated rings. The predicted octanol–water partition coefficient (Wildman–Crippen LogP) is 2.65. The fourth-order valence-corrected chi connectivity index (χ4v) is 3.61. The third-order valence-corrected chi connectivity index (χ3v) is 5.08. The molecule has 0 spiro atoms. The molecule has 0 bridgehead atoms. The van der Waals surface area contributed by atoms with Crippen LogP contribution >= 0.6 is 0 Å². The summed E-state index contributed by atoms with van der Waals surface area (Å²) in [5, 5.41) is 6.14. The number of hydrogen-bond acceptors (Lipinski definition) is 2. The van der Waals surface area contributed by atoms with E-state index in [4.69, 9.17) is 0 Å². The van der Waals surface area contributed by atoms with Crippen LogP contribution in [-0.2, 0) is 6.42 Å². The molecule has 5 nitrogen and oxygen atoms in total. The van der Waals surface area contributed by atoms with E-state index < -0.39 is 0 Å². The number of rotatable bonds is 5. The summed E-state index contributed by atoms with van der Waals surface area (Å²) in [7, 11) is 3.49. The lowest BCUT2D eigenvalue weighted by atomic mass is 9.99. The molecule has 0 aromatic heterocycles. The molecule has 0 saturated carbocycles. The van der Waals surface area contributed by atoms with Crippen LogP contribution in [0.2, 0.25) is 0 Å². The maximum atomic E-state index is 11.8. The number of carbonyl (C=O) groups is 1. The Hall–Kier alpha value is -2.82.